The van der Waals surface area contributed by atoms with Crippen LogP contribution in [0.15, 0.2) is 12.7 Å². The normalized spacial score (nSPS) is 12.0. The first-order chi connectivity index (χ1) is 6.13. The summed E-state index contributed by atoms with van der Waals surface area (Å²) in [5.41, 5.74) is -2.01. The summed E-state index contributed by atoms with van der Waals surface area (Å²) in [5, 5.41) is 11.2. The van der Waals surface area contributed by atoms with Gasteiger partial charge in [0, 0.05) is 0 Å². The molecule has 80 valence electrons. The van der Waals surface area contributed by atoms with E-state index in [0.29, 0.717) is 0 Å². The molecular weight excluding hydrogens is 182 g/mol. The molecule has 0 unspecified atom stereocenters. The number of carboxylic acid groups (broad SMARTS) is 1. The zero-order chi connectivity index (χ0) is 11.6. The van der Waals surface area contributed by atoms with E-state index in [1.165, 1.54) is 19.9 Å². The Hall–Kier alpha value is -1.32. The summed E-state index contributed by atoms with van der Waals surface area (Å²) in [5.74, 6) is -1.41. The van der Waals surface area contributed by atoms with Crippen LogP contribution in [0.1, 0.15) is 27.7 Å². The average molecular weight is 199 g/mol. The molecule has 4 heteroatoms. The minimum absolute atomic E-state index is 0.347. The SMILES string of the molecule is C=CC(C)(C)C(=O)NC(C)(C)C(=O)O. The van der Waals surface area contributed by atoms with Crippen molar-refractivity contribution in [2.75, 3.05) is 0 Å². The molecule has 0 aromatic carbocycles. The number of nitrogens with one attached hydrogen (secondary N) is 1. The molecule has 0 rings (SSSR count). The first-order valence-corrected chi connectivity index (χ1v) is 4.33. The van der Waals surface area contributed by atoms with Gasteiger partial charge >= 0.3 is 5.97 Å². The molecule has 0 atom stereocenters. The Kier molecular flexibility index (Phi) is 3.46. The molecule has 2 N–H and O–H groups in total. The van der Waals surface area contributed by atoms with Crippen molar-refractivity contribution in [3.05, 3.63) is 12.7 Å². The van der Waals surface area contributed by atoms with E-state index in [-0.39, 0.29) is 5.91 Å². The molecule has 14 heavy (non-hydrogen) atoms. The van der Waals surface area contributed by atoms with Gasteiger partial charge < -0.3 is 10.4 Å². The number of hydrogen-bond acceptors (Lipinski definition) is 2. The molecule has 0 aliphatic heterocycles. The zero-order valence-electron chi connectivity index (χ0n) is 9.05. The van der Waals surface area contributed by atoms with Crippen LogP contribution in [-0.2, 0) is 9.59 Å². The topological polar surface area (TPSA) is 66.4 Å². The summed E-state index contributed by atoms with van der Waals surface area (Å²) < 4.78 is 0. The van der Waals surface area contributed by atoms with Gasteiger partial charge in [0.2, 0.25) is 5.91 Å². The second-order valence-corrected chi connectivity index (χ2v) is 4.31. The summed E-state index contributed by atoms with van der Waals surface area (Å²) in [6.45, 7) is 9.74. The summed E-state index contributed by atoms with van der Waals surface area (Å²) >= 11 is 0. The smallest absolute Gasteiger partial charge is 0.328 e. The van der Waals surface area contributed by atoms with Crippen LogP contribution in [-0.4, -0.2) is 22.5 Å². The Morgan fingerprint density at radius 3 is 2.00 bits per heavy atom. The van der Waals surface area contributed by atoms with Crippen molar-refractivity contribution >= 4 is 11.9 Å². The molecule has 0 aromatic heterocycles. The Morgan fingerprint density at radius 1 is 1.29 bits per heavy atom. The van der Waals surface area contributed by atoms with E-state index >= 15 is 0 Å². The third-order valence-electron chi connectivity index (χ3n) is 2.06. The first-order valence-electron chi connectivity index (χ1n) is 4.33. The molecule has 0 aromatic rings. The molecule has 0 saturated carbocycles. The van der Waals surface area contributed by atoms with Crippen LogP contribution in [0.3, 0.4) is 0 Å². The van der Waals surface area contributed by atoms with Crippen molar-refractivity contribution in [2.24, 2.45) is 5.41 Å². The van der Waals surface area contributed by atoms with Crippen molar-refractivity contribution in [2.45, 2.75) is 33.2 Å². The van der Waals surface area contributed by atoms with E-state index < -0.39 is 16.9 Å². The van der Waals surface area contributed by atoms with Crippen molar-refractivity contribution in [3.8, 4) is 0 Å². The van der Waals surface area contributed by atoms with Crippen molar-refractivity contribution in [1.29, 1.82) is 0 Å². The fourth-order valence-electron chi connectivity index (χ4n) is 0.591. The highest BCUT2D eigenvalue weighted by molar-refractivity contribution is 5.90. The lowest BCUT2D eigenvalue weighted by Crippen LogP contribution is -2.53. The predicted molar refractivity (Wildman–Crippen MR) is 53.8 cm³/mol. The second-order valence-electron chi connectivity index (χ2n) is 4.31. The number of carbonyl (C=O) groups excluding carboxylic acids is 1. The predicted octanol–water partition coefficient (Wildman–Crippen LogP) is 1.18. The van der Waals surface area contributed by atoms with Crippen molar-refractivity contribution < 1.29 is 14.7 Å². The van der Waals surface area contributed by atoms with Crippen LogP contribution in [0.25, 0.3) is 0 Å². The van der Waals surface area contributed by atoms with Gasteiger partial charge in [-0.1, -0.05) is 6.08 Å². The molecule has 4 nitrogen and oxygen atoms in total. The average Bonchev–Trinajstić information content (AvgIpc) is 2.03. The Bertz CT molecular complexity index is 267. The number of rotatable bonds is 4. The Labute approximate surface area is 84.0 Å². The molecule has 0 aliphatic rings. The van der Waals surface area contributed by atoms with Gasteiger partial charge in [0.25, 0.3) is 0 Å². The fraction of sp³-hybridized carbons (Fsp3) is 0.600. The largest absolute Gasteiger partial charge is 0.480 e. The molecule has 0 saturated heterocycles. The maximum atomic E-state index is 11.6. The molecule has 0 heterocycles. The number of aliphatic carboxylic acids is 1. The first kappa shape index (κ1) is 12.7. The van der Waals surface area contributed by atoms with Gasteiger partial charge in [0.15, 0.2) is 0 Å². The molecule has 1 amide bonds. The fourth-order valence-corrected chi connectivity index (χ4v) is 0.591. The van der Waals surface area contributed by atoms with Crippen molar-refractivity contribution in [3.63, 3.8) is 0 Å². The highest BCUT2D eigenvalue weighted by Crippen LogP contribution is 2.17. The molecule has 0 spiro atoms. The lowest BCUT2D eigenvalue weighted by atomic mass is 9.91. The van der Waals surface area contributed by atoms with E-state index in [0.717, 1.165) is 0 Å². The van der Waals surface area contributed by atoms with Gasteiger partial charge in [-0.05, 0) is 27.7 Å². The third kappa shape index (κ3) is 2.87. The van der Waals surface area contributed by atoms with E-state index in [9.17, 15) is 9.59 Å². The summed E-state index contributed by atoms with van der Waals surface area (Å²) in [6.07, 6.45) is 1.49. The summed E-state index contributed by atoms with van der Waals surface area (Å²) in [6, 6.07) is 0. The van der Waals surface area contributed by atoms with Crippen LogP contribution >= 0.6 is 0 Å². The van der Waals surface area contributed by atoms with Gasteiger partial charge in [-0.15, -0.1) is 6.58 Å². The van der Waals surface area contributed by atoms with Gasteiger partial charge in [-0.25, -0.2) is 4.79 Å². The van der Waals surface area contributed by atoms with Crippen molar-refractivity contribution in [1.82, 2.24) is 5.32 Å². The van der Waals surface area contributed by atoms with Gasteiger partial charge in [0.1, 0.15) is 5.54 Å². The van der Waals surface area contributed by atoms with Crippen LogP contribution < -0.4 is 5.32 Å². The standard InChI is InChI=1S/C10H17NO3/c1-6-9(2,3)7(12)11-10(4,5)8(13)14/h6H,1H2,2-5H3,(H,11,12)(H,13,14). The molecule has 0 fully saturated rings. The number of amides is 1. The Morgan fingerprint density at radius 2 is 1.71 bits per heavy atom. The molecular formula is C10H17NO3. The van der Waals surface area contributed by atoms with Crippen LogP contribution in [0.2, 0.25) is 0 Å². The number of carboxylic acids is 1. The minimum Gasteiger partial charge on any atom is -0.480 e. The quantitative estimate of drug-likeness (QED) is 0.668. The highest BCUT2D eigenvalue weighted by Gasteiger charge is 2.33. The van der Waals surface area contributed by atoms with Crippen LogP contribution in [0.5, 0.6) is 0 Å². The van der Waals surface area contributed by atoms with E-state index in [1.54, 1.807) is 13.8 Å². The molecule has 0 bridgehead atoms. The minimum atomic E-state index is -1.25. The lowest BCUT2D eigenvalue weighted by Gasteiger charge is -2.27. The maximum Gasteiger partial charge on any atom is 0.328 e. The summed E-state index contributed by atoms with van der Waals surface area (Å²) in [7, 11) is 0. The highest BCUT2D eigenvalue weighted by atomic mass is 16.4. The summed E-state index contributed by atoms with van der Waals surface area (Å²) in [4.78, 5) is 22.3. The van der Waals surface area contributed by atoms with Gasteiger partial charge in [-0.2, -0.15) is 0 Å². The lowest BCUT2D eigenvalue weighted by molar-refractivity contribution is -0.147. The van der Waals surface area contributed by atoms with Crippen LogP contribution in [0, 0.1) is 5.41 Å². The second kappa shape index (κ2) is 3.82. The number of hydrogen-bond donors (Lipinski definition) is 2. The monoisotopic (exact) mass is 199 g/mol. The van der Waals surface area contributed by atoms with Gasteiger partial charge in [-0.3, -0.25) is 4.79 Å². The Balaban J connectivity index is 4.63. The van der Waals surface area contributed by atoms with Crippen LogP contribution in [0.4, 0.5) is 0 Å². The molecule has 0 radical (unpaired) electrons. The zero-order valence-corrected chi connectivity index (χ0v) is 9.05. The van der Waals surface area contributed by atoms with Gasteiger partial charge in [0.05, 0.1) is 5.41 Å². The van der Waals surface area contributed by atoms with E-state index in [1.807, 2.05) is 0 Å². The van der Waals surface area contributed by atoms with E-state index in [2.05, 4.69) is 11.9 Å². The maximum absolute atomic E-state index is 11.6. The third-order valence-corrected chi connectivity index (χ3v) is 2.06. The molecule has 0 aliphatic carbocycles. The van der Waals surface area contributed by atoms with E-state index in [4.69, 9.17) is 5.11 Å². The number of carbonyl (C=O) groups is 2.